The summed E-state index contributed by atoms with van der Waals surface area (Å²) in [4.78, 5) is 6.82. The highest BCUT2D eigenvalue weighted by Crippen LogP contribution is 2.44. The Balaban J connectivity index is 1.18. The Kier molecular flexibility index (Phi) is 10.9. The maximum Gasteiger partial charge on any atom is 0.120 e. The van der Waals surface area contributed by atoms with E-state index in [4.69, 9.17) is 14.2 Å². The van der Waals surface area contributed by atoms with Gasteiger partial charge in [-0.05, 0) is 133 Å². The molecule has 0 radical (unpaired) electrons. The maximum atomic E-state index is 5.71. The Morgan fingerprint density at radius 2 is 0.578 bits per heavy atom. The first kappa shape index (κ1) is 39.7. The van der Waals surface area contributed by atoms with Crippen LogP contribution < -0.4 is 28.9 Å². The van der Waals surface area contributed by atoms with Crippen LogP contribution in [0, 0.1) is 0 Å². The molecular formula is C57H46N4O3. The minimum atomic E-state index is 0.792. The summed E-state index contributed by atoms with van der Waals surface area (Å²) in [6.45, 7) is 0. The molecule has 1 heterocycles. The van der Waals surface area contributed by atoms with Crippen molar-refractivity contribution in [2.75, 3.05) is 36.0 Å². The molecule has 0 aliphatic carbocycles. The fraction of sp³-hybridized carbons (Fsp3) is 0.0526. The molecule has 0 saturated carbocycles. The lowest BCUT2D eigenvalue weighted by Gasteiger charge is -2.26. The molecule has 10 aromatic rings. The number of hydrogen-bond donors (Lipinski definition) is 0. The van der Waals surface area contributed by atoms with E-state index in [0.29, 0.717) is 0 Å². The summed E-state index contributed by atoms with van der Waals surface area (Å²) in [7, 11) is 5.12. The predicted octanol–water partition coefficient (Wildman–Crippen LogP) is 15.2. The van der Waals surface area contributed by atoms with Gasteiger partial charge in [-0.1, -0.05) is 72.8 Å². The van der Waals surface area contributed by atoms with Crippen LogP contribution in [0.1, 0.15) is 0 Å². The summed E-state index contributed by atoms with van der Waals surface area (Å²) in [5.74, 6) is 2.38. The van der Waals surface area contributed by atoms with Gasteiger partial charge in [-0.3, -0.25) is 0 Å². The molecule has 7 nitrogen and oxygen atoms in total. The average molecular weight is 835 g/mol. The molecule has 0 spiro atoms. The average Bonchev–Trinajstić information content (AvgIpc) is 3.68. The van der Waals surface area contributed by atoms with E-state index in [1.807, 2.05) is 54.6 Å². The normalized spacial score (nSPS) is 11.0. The van der Waals surface area contributed by atoms with Crippen LogP contribution in [0.4, 0.5) is 51.2 Å². The highest BCUT2D eigenvalue weighted by molar-refractivity contribution is 6.12. The number of methoxy groups -OCH3 is 3. The van der Waals surface area contributed by atoms with Crippen LogP contribution in [-0.4, -0.2) is 25.9 Å². The summed E-state index contributed by atoms with van der Waals surface area (Å²) in [6, 6.07) is 78.4. The van der Waals surface area contributed by atoms with Crippen molar-refractivity contribution < 1.29 is 14.2 Å². The molecule has 0 bridgehead atoms. The zero-order valence-corrected chi connectivity index (χ0v) is 35.9. The molecule has 0 atom stereocenters. The van der Waals surface area contributed by atoms with Crippen molar-refractivity contribution in [2.45, 2.75) is 0 Å². The molecule has 1 aromatic heterocycles. The van der Waals surface area contributed by atoms with E-state index >= 15 is 0 Å². The number of anilines is 9. The van der Waals surface area contributed by atoms with E-state index in [2.05, 4.69) is 189 Å². The van der Waals surface area contributed by atoms with Crippen molar-refractivity contribution in [2.24, 2.45) is 0 Å². The summed E-state index contributed by atoms with van der Waals surface area (Å²) in [5, 5.41) is 2.23. The van der Waals surface area contributed by atoms with Gasteiger partial charge in [0, 0.05) is 85.8 Å². The number of hydrogen-bond acceptors (Lipinski definition) is 6. The van der Waals surface area contributed by atoms with E-state index in [1.54, 1.807) is 21.3 Å². The molecule has 0 amide bonds. The van der Waals surface area contributed by atoms with Gasteiger partial charge in [0.15, 0.2) is 0 Å². The van der Waals surface area contributed by atoms with Crippen LogP contribution in [-0.2, 0) is 0 Å². The number of benzene rings is 9. The van der Waals surface area contributed by atoms with E-state index < -0.39 is 0 Å². The van der Waals surface area contributed by atoms with Gasteiger partial charge in [0.25, 0.3) is 0 Å². The van der Waals surface area contributed by atoms with Gasteiger partial charge in [0.05, 0.1) is 32.4 Å². The number of ether oxygens (including phenoxy) is 3. The number of para-hydroxylation sites is 3. The first-order valence-corrected chi connectivity index (χ1v) is 21.3. The number of aromatic nitrogens is 1. The molecule has 0 fully saturated rings. The highest BCUT2D eigenvalue weighted by Gasteiger charge is 2.21. The molecule has 7 heteroatoms. The molecule has 0 aliphatic heterocycles. The van der Waals surface area contributed by atoms with Crippen molar-refractivity contribution in [1.29, 1.82) is 0 Å². The van der Waals surface area contributed by atoms with Crippen molar-refractivity contribution in [3.05, 3.63) is 224 Å². The Hall–Kier alpha value is -8.42. The molecule has 0 unspecified atom stereocenters. The molecule has 0 aliphatic rings. The molecule has 312 valence electrons. The van der Waals surface area contributed by atoms with Gasteiger partial charge in [-0.25, -0.2) is 0 Å². The summed E-state index contributed by atoms with van der Waals surface area (Å²) < 4.78 is 19.4. The Morgan fingerprint density at radius 3 is 0.938 bits per heavy atom. The van der Waals surface area contributed by atoms with E-state index in [0.717, 1.165) is 95.9 Å². The fourth-order valence-corrected chi connectivity index (χ4v) is 8.63. The van der Waals surface area contributed by atoms with Crippen molar-refractivity contribution >= 4 is 73.0 Å². The Bertz CT molecular complexity index is 3040. The van der Waals surface area contributed by atoms with Gasteiger partial charge in [0.2, 0.25) is 0 Å². The van der Waals surface area contributed by atoms with E-state index in [1.165, 1.54) is 0 Å². The summed E-state index contributed by atoms with van der Waals surface area (Å²) >= 11 is 0. The molecule has 0 saturated heterocycles. The van der Waals surface area contributed by atoms with Crippen molar-refractivity contribution in [1.82, 2.24) is 4.57 Å². The first-order valence-electron chi connectivity index (χ1n) is 21.3. The standard InChI is InChI=1S/C57H46N4O3/c1-62-51-25-13-22-46(36-51)58(41-16-7-4-8-17-41)44-28-30-45(31-29-44)61-56-34-32-49(59(42-18-9-5-10-19-42)47-23-14-26-52(37-47)63-2)39-54(56)55-40-50(33-35-57(55)61)60(43-20-11-6-12-21-43)48-24-15-27-53(38-48)64-3/h4-40H,1-3H3. The number of nitrogens with zero attached hydrogens (tertiary/aromatic N) is 4. The van der Waals surface area contributed by atoms with Crippen LogP contribution in [0.5, 0.6) is 17.2 Å². The zero-order chi connectivity index (χ0) is 43.4. The third-order valence-electron chi connectivity index (χ3n) is 11.6. The first-order chi connectivity index (χ1) is 31.6. The van der Waals surface area contributed by atoms with Gasteiger partial charge >= 0.3 is 0 Å². The highest BCUT2D eigenvalue weighted by atomic mass is 16.5. The second kappa shape index (κ2) is 17.5. The molecule has 10 rings (SSSR count). The second-order valence-corrected chi connectivity index (χ2v) is 15.4. The Morgan fingerprint density at radius 1 is 0.281 bits per heavy atom. The van der Waals surface area contributed by atoms with E-state index in [9.17, 15) is 0 Å². The lowest BCUT2D eigenvalue weighted by molar-refractivity contribution is 0.415. The summed E-state index contributed by atoms with van der Waals surface area (Å²) in [5.41, 5.74) is 12.4. The van der Waals surface area contributed by atoms with Crippen LogP contribution in [0.25, 0.3) is 27.5 Å². The SMILES string of the molecule is COc1cccc(N(c2ccccc2)c2ccc(-n3c4ccc(N(c5ccccc5)c5cccc(OC)c5)cc4c4cc(N(c5ccccc5)c5cccc(OC)c5)ccc43)cc2)c1. The van der Waals surface area contributed by atoms with Crippen LogP contribution in [0.15, 0.2) is 224 Å². The van der Waals surface area contributed by atoms with Crippen LogP contribution in [0.2, 0.25) is 0 Å². The van der Waals surface area contributed by atoms with Crippen LogP contribution >= 0.6 is 0 Å². The number of rotatable bonds is 13. The largest absolute Gasteiger partial charge is 0.497 e. The minimum Gasteiger partial charge on any atom is -0.497 e. The predicted molar refractivity (Wildman–Crippen MR) is 264 cm³/mol. The quantitative estimate of drug-likeness (QED) is 0.115. The Labute approximate surface area is 373 Å². The lowest BCUT2D eigenvalue weighted by atomic mass is 10.1. The second-order valence-electron chi connectivity index (χ2n) is 15.4. The van der Waals surface area contributed by atoms with Gasteiger partial charge in [-0.2, -0.15) is 0 Å². The number of fused-ring (bicyclic) bond motifs is 3. The van der Waals surface area contributed by atoms with Crippen molar-refractivity contribution in [3.63, 3.8) is 0 Å². The van der Waals surface area contributed by atoms with Crippen LogP contribution in [0.3, 0.4) is 0 Å². The zero-order valence-electron chi connectivity index (χ0n) is 35.9. The van der Waals surface area contributed by atoms with Gasteiger partial charge in [0.1, 0.15) is 17.2 Å². The van der Waals surface area contributed by atoms with Gasteiger partial charge in [-0.15, -0.1) is 0 Å². The van der Waals surface area contributed by atoms with E-state index in [-0.39, 0.29) is 0 Å². The minimum absolute atomic E-state index is 0.792. The third-order valence-corrected chi connectivity index (χ3v) is 11.6. The lowest BCUT2D eigenvalue weighted by Crippen LogP contribution is -2.10. The van der Waals surface area contributed by atoms with Gasteiger partial charge < -0.3 is 33.5 Å². The third kappa shape index (κ3) is 7.60. The molecule has 0 N–H and O–H groups in total. The monoisotopic (exact) mass is 834 g/mol. The molecule has 64 heavy (non-hydrogen) atoms. The fourth-order valence-electron chi connectivity index (χ4n) is 8.63. The maximum absolute atomic E-state index is 5.71. The molecular weight excluding hydrogens is 789 g/mol. The molecule has 9 aromatic carbocycles. The van der Waals surface area contributed by atoms with Crippen molar-refractivity contribution in [3.8, 4) is 22.9 Å². The topological polar surface area (TPSA) is 42.3 Å². The summed E-state index contributed by atoms with van der Waals surface area (Å²) in [6.07, 6.45) is 0. The smallest absolute Gasteiger partial charge is 0.120 e.